The van der Waals surface area contributed by atoms with Crippen molar-refractivity contribution in [2.75, 3.05) is 13.1 Å². The Labute approximate surface area is 124 Å². The molecule has 2 aliphatic rings. The molecule has 2 aliphatic heterocycles. The molecule has 2 aromatic heterocycles. The van der Waals surface area contributed by atoms with E-state index in [0.717, 1.165) is 11.5 Å². The van der Waals surface area contributed by atoms with Crippen LogP contribution >= 0.6 is 0 Å². The number of nitrogens with zero attached hydrogens (tertiary/aromatic N) is 4. The number of hydrogen-bond acceptors (Lipinski definition) is 5. The molecule has 2 fully saturated rings. The average Bonchev–Trinajstić information content (AvgIpc) is 3.05. The van der Waals surface area contributed by atoms with Crippen LogP contribution in [-0.2, 0) is 0 Å². The van der Waals surface area contributed by atoms with Crippen LogP contribution in [0.1, 0.15) is 43.9 Å². The summed E-state index contributed by atoms with van der Waals surface area (Å²) in [5, 5.41) is 4.17. The molecule has 2 saturated heterocycles. The van der Waals surface area contributed by atoms with Gasteiger partial charge in [-0.1, -0.05) is 11.6 Å². The van der Waals surface area contributed by atoms with Gasteiger partial charge in [0.05, 0.1) is 5.92 Å². The maximum Gasteiger partial charge on any atom is 0.231 e. The van der Waals surface area contributed by atoms with Crippen LogP contribution in [0, 0.1) is 0 Å². The molecule has 0 saturated carbocycles. The smallest absolute Gasteiger partial charge is 0.231 e. The Morgan fingerprint density at radius 1 is 1.05 bits per heavy atom. The molecule has 0 spiro atoms. The summed E-state index contributed by atoms with van der Waals surface area (Å²) in [4.78, 5) is 11.3. The van der Waals surface area contributed by atoms with Crippen molar-refractivity contribution in [1.29, 1.82) is 0 Å². The molecule has 0 bridgehead atoms. The molecule has 0 radical (unpaired) electrons. The molecule has 4 rings (SSSR count). The molecule has 0 aromatic carbocycles. The first kappa shape index (κ1) is 13.0. The van der Waals surface area contributed by atoms with Crippen molar-refractivity contribution in [2.24, 2.45) is 0 Å². The van der Waals surface area contributed by atoms with Crippen LogP contribution in [-0.4, -0.2) is 39.2 Å². The highest BCUT2D eigenvalue weighted by Crippen LogP contribution is 2.37. The Morgan fingerprint density at radius 2 is 1.90 bits per heavy atom. The van der Waals surface area contributed by atoms with E-state index in [0.29, 0.717) is 17.8 Å². The summed E-state index contributed by atoms with van der Waals surface area (Å²) in [6.45, 7) is 2.46. The van der Waals surface area contributed by atoms with Gasteiger partial charge in [-0.15, -0.1) is 0 Å². The highest BCUT2D eigenvalue weighted by Gasteiger charge is 2.36. The lowest BCUT2D eigenvalue weighted by Crippen LogP contribution is -2.46. The van der Waals surface area contributed by atoms with Gasteiger partial charge in [0.25, 0.3) is 0 Å². The summed E-state index contributed by atoms with van der Waals surface area (Å²) >= 11 is 0. The first-order valence-corrected chi connectivity index (χ1v) is 7.90. The second-order valence-electron chi connectivity index (χ2n) is 6.04. The van der Waals surface area contributed by atoms with E-state index in [4.69, 9.17) is 4.52 Å². The van der Waals surface area contributed by atoms with E-state index in [9.17, 15) is 0 Å². The minimum atomic E-state index is 0.405. The molecule has 0 unspecified atom stereocenters. The Morgan fingerprint density at radius 3 is 2.81 bits per heavy atom. The number of fused-ring (bicyclic) bond motifs is 1. The SMILES string of the molecule is c1cc(-c2noc([C@@H]3CCCN4CCCC[C@H]34)n2)ccn1. The zero-order valence-electron chi connectivity index (χ0n) is 12.1. The monoisotopic (exact) mass is 284 g/mol. The van der Waals surface area contributed by atoms with Crippen molar-refractivity contribution < 1.29 is 4.52 Å². The van der Waals surface area contributed by atoms with Crippen molar-refractivity contribution in [3.8, 4) is 11.4 Å². The van der Waals surface area contributed by atoms with Crippen molar-refractivity contribution in [3.05, 3.63) is 30.4 Å². The van der Waals surface area contributed by atoms with Gasteiger partial charge in [0.2, 0.25) is 11.7 Å². The lowest BCUT2D eigenvalue weighted by molar-refractivity contribution is 0.0774. The molecule has 4 heterocycles. The van der Waals surface area contributed by atoms with E-state index in [1.165, 1.54) is 45.2 Å². The summed E-state index contributed by atoms with van der Waals surface area (Å²) in [7, 11) is 0. The molecule has 110 valence electrons. The van der Waals surface area contributed by atoms with Crippen LogP contribution in [0.25, 0.3) is 11.4 Å². The molecule has 5 heteroatoms. The van der Waals surface area contributed by atoms with Crippen LogP contribution in [0.2, 0.25) is 0 Å². The van der Waals surface area contributed by atoms with Crippen molar-refractivity contribution in [3.63, 3.8) is 0 Å². The second kappa shape index (κ2) is 5.56. The Balaban J connectivity index is 1.60. The second-order valence-corrected chi connectivity index (χ2v) is 6.04. The number of pyridine rings is 1. The Hall–Kier alpha value is -1.75. The maximum absolute atomic E-state index is 5.60. The van der Waals surface area contributed by atoms with Gasteiger partial charge in [0.15, 0.2) is 0 Å². The van der Waals surface area contributed by atoms with Crippen LogP contribution in [0.3, 0.4) is 0 Å². The van der Waals surface area contributed by atoms with Crippen LogP contribution in [0.5, 0.6) is 0 Å². The van der Waals surface area contributed by atoms with Gasteiger partial charge in [0.1, 0.15) is 0 Å². The number of aromatic nitrogens is 3. The molecule has 21 heavy (non-hydrogen) atoms. The third-order valence-electron chi connectivity index (χ3n) is 4.79. The molecule has 5 nitrogen and oxygen atoms in total. The van der Waals surface area contributed by atoms with Gasteiger partial charge in [-0.3, -0.25) is 9.88 Å². The Kier molecular flexibility index (Phi) is 3.43. The predicted molar refractivity (Wildman–Crippen MR) is 78.7 cm³/mol. The third kappa shape index (κ3) is 2.46. The van der Waals surface area contributed by atoms with Gasteiger partial charge in [-0.25, -0.2) is 0 Å². The quantitative estimate of drug-likeness (QED) is 0.848. The standard InChI is InChI=1S/C16H20N4O/c1-2-10-20-11-3-4-13(14(20)5-1)16-18-15(19-21-16)12-6-8-17-9-7-12/h6-9,13-14H,1-5,10-11H2/t13-,14-/m1/s1. The lowest BCUT2D eigenvalue weighted by Gasteiger charge is -2.42. The summed E-state index contributed by atoms with van der Waals surface area (Å²) in [5.74, 6) is 1.90. The van der Waals surface area contributed by atoms with E-state index < -0.39 is 0 Å². The van der Waals surface area contributed by atoms with E-state index in [1.807, 2.05) is 12.1 Å². The topological polar surface area (TPSA) is 55.1 Å². The number of piperidine rings is 2. The van der Waals surface area contributed by atoms with E-state index >= 15 is 0 Å². The first-order chi connectivity index (χ1) is 10.4. The minimum Gasteiger partial charge on any atom is -0.339 e. The zero-order valence-corrected chi connectivity index (χ0v) is 12.1. The fourth-order valence-electron chi connectivity index (χ4n) is 3.75. The van der Waals surface area contributed by atoms with Crippen LogP contribution in [0.15, 0.2) is 29.0 Å². The zero-order chi connectivity index (χ0) is 14.1. The third-order valence-corrected chi connectivity index (χ3v) is 4.79. The lowest BCUT2D eigenvalue weighted by atomic mass is 9.83. The fourth-order valence-corrected chi connectivity index (χ4v) is 3.75. The summed E-state index contributed by atoms with van der Waals surface area (Å²) in [6, 6.07) is 4.43. The summed E-state index contributed by atoms with van der Waals surface area (Å²) < 4.78 is 5.60. The van der Waals surface area contributed by atoms with Gasteiger partial charge in [-0.05, 0) is 50.9 Å². The number of rotatable bonds is 2. The largest absolute Gasteiger partial charge is 0.339 e. The molecular formula is C16H20N4O. The summed E-state index contributed by atoms with van der Waals surface area (Å²) in [5.41, 5.74) is 0.969. The number of hydrogen-bond donors (Lipinski definition) is 0. The highest BCUT2D eigenvalue weighted by molar-refractivity contribution is 5.52. The highest BCUT2D eigenvalue weighted by atomic mass is 16.5. The summed E-state index contributed by atoms with van der Waals surface area (Å²) in [6.07, 6.45) is 9.83. The fraction of sp³-hybridized carbons (Fsp3) is 0.562. The normalized spacial score (nSPS) is 26.5. The van der Waals surface area contributed by atoms with Gasteiger partial charge in [0, 0.05) is 24.0 Å². The average molecular weight is 284 g/mol. The van der Waals surface area contributed by atoms with E-state index in [2.05, 4.69) is 20.0 Å². The van der Waals surface area contributed by atoms with E-state index in [1.54, 1.807) is 12.4 Å². The molecule has 0 N–H and O–H groups in total. The van der Waals surface area contributed by atoms with E-state index in [-0.39, 0.29) is 0 Å². The van der Waals surface area contributed by atoms with Crippen molar-refractivity contribution in [1.82, 2.24) is 20.0 Å². The van der Waals surface area contributed by atoms with Crippen molar-refractivity contribution in [2.45, 2.75) is 44.1 Å². The molecule has 0 aliphatic carbocycles. The molecule has 2 aromatic rings. The predicted octanol–water partition coefficient (Wildman–Crippen LogP) is 2.86. The van der Waals surface area contributed by atoms with Gasteiger partial charge >= 0.3 is 0 Å². The Bertz CT molecular complexity index is 595. The maximum atomic E-state index is 5.60. The van der Waals surface area contributed by atoms with Crippen LogP contribution in [0.4, 0.5) is 0 Å². The minimum absolute atomic E-state index is 0.405. The van der Waals surface area contributed by atoms with Crippen molar-refractivity contribution >= 4 is 0 Å². The first-order valence-electron chi connectivity index (χ1n) is 7.90. The van der Waals surface area contributed by atoms with Gasteiger partial charge < -0.3 is 4.52 Å². The molecule has 2 atom stereocenters. The van der Waals surface area contributed by atoms with Crippen LogP contribution < -0.4 is 0 Å². The molecule has 0 amide bonds. The van der Waals surface area contributed by atoms with Gasteiger partial charge in [-0.2, -0.15) is 4.98 Å². The molecular weight excluding hydrogens is 264 g/mol.